The third-order valence-electron chi connectivity index (χ3n) is 2.00. The van der Waals surface area contributed by atoms with E-state index in [-0.39, 0.29) is 19.1 Å². The van der Waals surface area contributed by atoms with Crippen molar-refractivity contribution in [2.75, 3.05) is 6.61 Å². The van der Waals surface area contributed by atoms with Crippen LogP contribution in [0.5, 0.6) is 0 Å². The topological polar surface area (TPSA) is 105 Å². The Morgan fingerprint density at radius 2 is 2.12 bits per heavy atom. The van der Waals surface area contributed by atoms with Gasteiger partial charge < -0.3 is 15.8 Å². The average Bonchev–Trinajstić information content (AvgIpc) is 2.27. The molecule has 0 aliphatic carbocycles. The predicted molar refractivity (Wildman–Crippen MR) is 57.1 cm³/mol. The second-order valence-electron chi connectivity index (χ2n) is 3.21. The minimum Gasteiger partial charge on any atom is -0.464 e. The van der Waals surface area contributed by atoms with Crippen molar-refractivity contribution in [3.05, 3.63) is 0 Å². The van der Waals surface area contributed by atoms with E-state index in [1.54, 1.807) is 6.92 Å². The maximum atomic E-state index is 11.5. The van der Waals surface area contributed by atoms with E-state index in [2.05, 4.69) is 10.1 Å². The van der Waals surface area contributed by atoms with E-state index in [0.717, 1.165) is 0 Å². The Kier molecular flexibility index (Phi) is 6.88. The number of carbonyl (C=O) groups is 2. The van der Waals surface area contributed by atoms with Gasteiger partial charge in [-0.2, -0.15) is 5.26 Å². The standard InChI is InChI=1S/C10H17N3O3/c1-3-7(5-6-11)13-9(14)8(12)10(15)16-4-2/h7-8H,3-5,12H2,1-2H3,(H,13,14). The van der Waals surface area contributed by atoms with Crippen molar-refractivity contribution in [3.8, 4) is 6.07 Å². The van der Waals surface area contributed by atoms with Crippen LogP contribution in [0.25, 0.3) is 0 Å². The Bertz CT molecular complexity index is 286. The van der Waals surface area contributed by atoms with E-state index < -0.39 is 17.9 Å². The summed E-state index contributed by atoms with van der Waals surface area (Å²) in [6.45, 7) is 3.64. The second-order valence-corrected chi connectivity index (χ2v) is 3.21. The molecule has 6 heteroatoms. The minimum absolute atomic E-state index is 0.176. The largest absolute Gasteiger partial charge is 0.464 e. The maximum Gasteiger partial charge on any atom is 0.332 e. The number of carbonyl (C=O) groups excluding carboxylic acids is 2. The Morgan fingerprint density at radius 1 is 1.50 bits per heavy atom. The lowest BCUT2D eigenvalue weighted by atomic mass is 10.1. The summed E-state index contributed by atoms with van der Waals surface area (Å²) in [5, 5.41) is 11.0. The molecule has 16 heavy (non-hydrogen) atoms. The van der Waals surface area contributed by atoms with Crippen molar-refractivity contribution >= 4 is 11.9 Å². The van der Waals surface area contributed by atoms with Crippen LogP contribution in [0.1, 0.15) is 26.7 Å². The van der Waals surface area contributed by atoms with Crippen molar-refractivity contribution in [1.82, 2.24) is 5.32 Å². The van der Waals surface area contributed by atoms with Crippen LogP contribution in [0.15, 0.2) is 0 Å². The molecule has 2 atom stereocenters. The van der Waals surface area contributed by atoms with E-state index in [9.17, 15) is 9.59 Å². The normalized spacial score (nSPS) is 13.4. The van der Waals surface area contributed by atoms with E-state index in [4.69, 9.17) is 11.0 Å². The lowest BCUT2D eigenvalue weighted by molar-refractivity contribution is -0.148. The first-order chi connectivity index (χ1) is 7.56. The van der Waals surface area contributed by atoms with Crippen LogP contribution in [0.2, 0.25) is 0 Å². The summed E-state index contributed by atoms with van der Waals surface area (Å²) < 4.78 is 4.61. The molecule has 0 aromatic rings. The molecule has 0 aliphatic heterocycles. The van der Waals surface area contributed by atoms with E-state index in [1.807, 2.05) is 13.0 Å². The Labute approximate surface area is 94.7 Å². The minimum atomic E-state index is -1.33. The number of hydrogen-bond donors (Lipinski definition) is 2. The fourth-order valence-corrected chi connectivity index (χ4v) is 1.04. The summed E-state index contributed by atoms with van der Waals surface area (Å²) in [7, 11) is 0. The van der Waals surface area contributed by atoms with Crippen LogP contribution >= 0.6 is 0 Å². The summed E-state index contributed by atoms with van der Waals surface area (Å²) >= 11 is 0. The average molecular weight is 227 g/mol. The molecule has 2 unspecified atom stereocenters. The smallest absolute Gasteiger partial charge is 0.332 e. The molecule has 0 bridgehead atoms. The highest BCUT2D eigenvalue weighted by atomic mass is 16.5. The van der Waals surface area contributed by atoms with Crippen LogP contribution in [-0.2, 0) is 14.3 Å². The quantitative estimate of drug-likeness (QED) is 0.478. The molecule has 0 saturated carbocycles. The summed E-state index contributed by atoms with van der Waals surface area (Å²) in [5.74, 6) is -1.37. The van der Waals surface area contributed by atoms with Crippen molar-refractivity contribution in [2.45, 2.75) is 38.8 Å². The van der Waals surface area contributed by atoms with Crippen LogP contribution in [-0.4, -0.2) is 30.6 Å². The monoisotopic (exact) mass is 227 g/mol. The summed E-state index contributed by atoms with van der Waals surface area (Å²) in [5.41, 5.74) is 5.38. The third-order valence-corrected chi connectivity index (χ3v) is 2.00. The van der Waals surface area contributed by atoms with E-state index in [1.165, 1.54) is 0 Å². The summed E-state index contributed by atoms with van der Waals surface area (Å²) in [6.07, 6.45) is 0.798. The molecule has 6 nitrogen and oxygen atoms in total. The van der Waals surface area contributed by atoms with Gasteiger partial charge in [0.25, 0.3) is 0 Å². The van der Waals surface area contributed by atoms with Gasteiger partial charge in [-0.3, -0.25) is 4.79 Å². The van der Waals surface area contributed by atoms with Gasteiger partial charge in [0.2, 0.25) is 5.91 Å². The van der Waals surface area contributed by atoms with Gasteiger partial charge in [0.15, 0.2) is 6.04 Å². The fraction of sp³-hybridized carbons (Fsp3) is 0.700. The van der Waals surface area contributed by atoms with Gasteiger partial charge in [-0.25, -0.2) is 4.79 Å². The molecule has 0 aromatic heterocycles. The van der Waals surface area contributed by atoms with Crippen molar-refractivity contribution < 1.29 is 14.3 Å². The van der Waals surface area contributed by atoms with Gasteiger partial charge in [-0.15, -0.1) is 0 Å². The first-order valence-corrected chi connectivity index (χ1v) is 5.16. The summed E-state index contributed by atoms with van der Waals surface area (Å²) in [6, 6.07) is 0.340. The molecule has 0 aromatic carbocycles. The first-order valence-electron chi connectivity index (χ1n) is 5.16. The number of nitrogens with one attached hydrogen (secondary N) is 1. The molecule has 0 fully saturated rings. The zero-order valence-corrected chi connectivity index (χ0v) is 9.53. The SMILES string of the molecule is CCOC(=O)C(N)C(=O)NC(CC)CC#N. The predicted octanol–water partition coefficient (Wildman–Crippen LogP) is -0.315. The fourth-order valence-electron chi connectivity index (χ4n) is 1.04. The van der Waals surface area contributed by atoms with Crippen LogP contribution in [0.4, 0.5) is 0 Å². The summed E-state index contributed by atoms with van der Waals surface area (Å²) in [4.78, 5) is 22.6. The highest BCUT2D eigenvalue weighted by Crippen LogP contribution is 1.97. The molecule has 0 spiro atoms. The van der Waals surface area contributed by atoms with Gasteiger partial charge in [0, 0.05) is 6.04 Å². The van der Waals surface area contributed by atoms with Crippen LogP contribution < -0.4 is 11.1 Å². The van der Waals surface area contributed by atoms with Gasteiger partial charge in [0.05, 0.1) is 19.1 Å². The van der Waals surface area contributed by atoms with Gasteiger partial charge in [-0.1, -0.05) is 6.92 Å². The molecule has 0 aliphatic rings. The molecule has 90 valence electrons. The highest BCUT2D eigenvalue weighted by Gasteiger charge is 2.24. The van der Waals surface area contributed by atoms with Gasteiger partial charge >= 0.3 is 5.97 Å². The Morgan fingerprint density at radius 3 is 2.56 bits per heavy atom. The molecule has 0 rings (SSSR count). The number of nitrogens with zero attached hydrogens (tertiary/aromatic N) is 1. The zero-order chi connectivity index (χ0) is 12.6. The molecule has 0 heterocycles. The van der Waals surface area contributed by atoms with E-state index >= 15 is 0 Å². The second kappa shape index (κ2) is 7.65. The van der Waals surface area contributed by atoms with E-state index in [0.29, 0.717) is 6.42 Å². The number of nitrogens with two attached hydrogens (primary N) is 1. The first kappa shape index (κ1) is 14.4. The number of nitriles is 1. The molecule has 3 N–H and O–H groups in total. The lowest BCUT2D eigenvalue weighted by Crippen LogP contribution is -2.49. The number of ether oxygens (including phenoxy) is 1. The van der Waals surface area contributed by atoms with Crippen molar-refractivity contribution in [3.63, 3.8) is 0 Å². The van der Waals surface area contributed by atoms with Gasteiger partial charge in [0.1, 0.15) is 0 Å². The number of rotatable bonds is 6. The van der Waals surface area contributed by atoms with Crippen LogP contribution in [0, 0.1) is 11.3 Å². The Balaban J connectivity index is 4.23. The molecule has 0 saturated heterocycles. The lowest BCUT2D eigenvalue weighted by Gasteiger charge is -2.16. The Hall–Kier alpha value is -1.61. The number of hydrogen-bond acceptors (Lipinski definition) is 5. The molecule has 1 amide bonds. The number of esters is 1. The molecular weight excluding hydrogens is 210 g/mol. The zero-order valence-electron chi connectivity index (χ0n) is 9.53. The van der Waals surface area contributed by atoms with Crippen LogP contribution in [0.3, 0.4) is 0 Å². The number of amides is 1. The van der Waals surface area contributed by atoms with Gasteiger partial charge in [-0.05, 0) is 13.3 Å². The van der Waals surface area contributed by atoms with Crippen molar-refractivity contribution in [2.24, 2.45) is 5.73 Å². The molecule has 0 radical (unpaired) electrons. The third kappa shape index (κ3) is 4.75. The maximum absolute atomic E-state index is 11.5. The van der Waals surface area contributed by atoms with Crippen molar-refractivity contribution in [1.29, 1.82) is 5.26 Å². The molecular formula is C10H17N3O3. The highest BCUT2D eigenvalue weighted by molar-refractivity contribution is 6.01.